The summed E-state index contributed by atoms with van der Waals surface area (Å²) in [4.78, 5) is 0. The number of aryl methyl sites for hydroxylation is 1. The van der Waals surface area contributed by atoms with E-state index in [1.807, 2.05) is 0 Å². The number of ether oxygens (including phenoxy) is 1. The summed E-state index contributed by atoms with van der Waals surface area (Å²) in [5.74, 6) is 0. The fourth-order valence-corrected chi connectivity index (χ4v) is 2.67. The van der Waals surface area contributed by atoms with Crippen molar-refractivity contribution in [2.45, 2.75) is 25.1 Å². The molecule has 1 aromatic heterocycles. The third kappa shape index (κ3) is 2.78. The predicted octanol–water partition coefficient (Wildman–Crippen LogP) is 1.64. The van der Waals surface area contributed by atoms with Crippen molar-refractivity contribution in [3.05, 3.63) is 16.9 Å². The van der Waals surface area contributed by atoms with Crippen LogP contribution in [-0.4, -0.2) is 35.6 Å². The lowest BCUT2D eigenvalue weighted by atomic mass is 9.95. The molecular formula is C11H17ClFN3O. The number of nitrogens with zero attached hydrogens (tertiary/aromatic N) is 2. The Morgan fingerprint density at radius 3 is 3.06 bits per heavy atom. The Bertz CT molecular complexity index is 369. The third-order valence-electron chi connectivity index (χ3n) is 3.02. The van der Waals surface area contributed by atoms with Crippen molar-refractivity contribution in [2.24, 2.45) is 7.05 Å². The van der Waals surface area contributed by atoms with E-state index in [4.69, 9.17) is 16.3 Å². The molecule has 0 amide bonds. The minimum Gasteiger partial charge on any atom is -0.379 e. The molecule has 0 radical (unpaired) electrons. The van der Waals surface area contributed by atoms with Gasteiger partial charge >= 0.3 is 0 Å². The van der Waals surface area contributed by atoms with Gasteiger partial charge in [0.05, 0.1) is 30.1 Å². The van der Waals surface area contributed by atoms with E-state index < -0.39 is 5.67 Å². The number of hydrogen-bond donors (Lipinski definition) is 1. The van der Waals surface area contributed by atoms with Crippen LogP contribution in [0.25, 0.3) is 0 Å². The number of nitrogens with one attached hydrogen (secondary N) is 1. The molecule has 1 aliphatic heterocycles. The van der Waals surface area contributed by atoms with Crippen molar-refractivity contribution >= 4 is 11.6 Å². The molecule has 2 atom stereocenters. The van der Waals surface area contributed by atoms with Crippen LogP contribution in [0.1, 0.15) is 19.0 Å². The van der Waals surface area contributed by atoms with Gasteiger partial charge in [-0.15, -0.1) is 0 Å². The van der Waals surface area contributed by atoms with E-state index in [0.717, 1.165) is 6.54 Å². The monoisotopic (exact) mass is 261 g/mol. The lowest BCUT2D eigenvalue weighted by molar-refractivity contribution is 0.0452. The number of hydrogen-bond acceptors (Lipinski definition) is 3. The molecule has 0 saturated carbocycles. The fourth-order valence-electron chi connectivity index (χ4n) is 2.31. The van der Waals surface area contributed by atoms with Crippen LogP contribution in [0, 0.1) is 0 Å². The van der Waals surface area contributed by atoms with Crippen molar-refractivity contribution < 1.29 is 9.13 Å². The highest BCUT2D eigenvalue weighted by Gasteiger charge is 2.35. The normalized spacial score (nSPS) is 24.6. The van der Waals surface area contributed by atoms with E-state index in [1.54, 1.807) is 7.05 Å². The van der Waals surface area contributed by atoms with Gasteiger partial charge in [0.1, 0.15) is 0 Å². The van der Waals surface area contributed by atoms with Gasteiger partial charge in [-0.1, -0.05) is 11.6 Å². The largest absolute Gasteiger partial charge is 0.379 e. The van der Waals surface area contributed by atoms with Gasteiger partial charge in [0.15, 0.2) is 5.67 Å². The molecule has 1 aliphatic rings. The molecule has 2 unspecified atom stereocenters. The first-order valence-corrected chi connectivity index (χ1v) is 6.06. The van der Waals surface area contributed by atoms with Gasteiger partial charge in [-0.25, -0.2) is 4.39 Å². The van der Waals surface area contributed by atoms with Gasteiger partial charge in [0.25, 0.3) is 0 Å². The quantitative estimate of drug-likeness (QED) is 0.899. The molecule has 4 nitrogen and oxygen atoms in total. The summed E-state index contributed by atoms with van der Waals surface area (Å²) in [7, 11) is 1.70. The molecule has 2 heterocycles. The molecule has 0 spiro atoms. The highest BCUT2D eigenvalue weighted by molar-refractivity contribution is 6.31. The second kappa shape index (κ2) is 4.92. The standard InChI is InChI=1S/C11H17ClFN3O/c1-11(13,5-8-7-17-4-3-14-8)10-9(12)6-15-16(10)2/h6,8,14H,3-5,7H2,1-2H3. The molecule has 0 aliphatic carbocycles. The van der Waals surface area contributed by atoms with Gasteiger partial charge in [-0.2, -0.15) is 5.10 Å². The zero-order valence-electron chi connectivity index (χ0n) is 10.0. The molecule has 0 bridgehead atoms. The van der Waals surface area contributed by atoms with E-state index in [9.17, 15) is 4.39 Å². The molecule has 1 saturated heterocycles. The molecule has 1 fully saturated rings. The highest BCUT2D eigenvalue weighted by atomic mass is 35.5. The zero-order chi connectivity index (χ0) is 12.5. The first kappa shape index (κ1) is 12.8. The minimum atomic E-state index is -1.51. The second-order valence-electron chi connectivity index (χ2n) is 4.59. The van der Waals surface area contributed by atoms with Gasteiger partial charge in [0, 0.05) is 26.1 Å². The number of morpholine rings is 1. The first-order chi connectivity index (χ1) is 8.00. The highest BCUT2D eigenvalue weighted by Crippen LogP contribution is 2.35. The van der Waals surface area contributed by atoms with E-state index >= 15 is 0 Å². The minimum absolute atomic E-state index is 0.0183. The van der Waals surface area contributed by atoms with Crippen molar-refractivity contribution in [2.75, 3.05) is 19.8 Å². The summed E-state index contributed by atoms with van der Waals surface area (Å²) < 4.78 is 21.5. The van der Waals surface area contributed by atoms with E-state index in [0.29, 0.717) is 30.4 Å². The summed E-state index contributed by atoms with van der Waals surface area (Å²) in [6.45, 7) is 3.52. The van der Waals surface area contributed by atoms with Gasteiger partial charge < -0.3 is 10.1 Å². The Morgan fingerprint density at radius 2 is 2.53 bits per heavy atom. The van der Waals surface area contributed by atoms with Crippen LogP contribution in [0.3, 0.4) is 0 Å². The van der Waals surface area contributed by atoms with E-state index in [-0.39, 0.29) is 6.04 Å². The molecule has 0 aromatic carbocycles. The van der Waals surface area contributed by atoms with Crippen molar-refractivity contribution in [1.29, 1.82) is 0 Å². The Hall–Kier alpha value is -0.650. The first-order valence-electron chi connectivity index (χ1n) is 5.69. The average molecular weight is 262 g/mol. The Morgan fingerprint density at radius 1 is 1.76 bits per heavy atom. The van der Waals surface area contributed by atoms with E-state index in [2.05, 4.69) is 10.4 Å². The lowest BCUT2D eigenvalue weighted by Crippen LogP contribution is -2.44. The van der Waals surface area contributed by atoms with E-state index in [1.165, 1.54) is 17.8 Å². The van der Waals surface area contributed by atoms with Crippen LogP contribution >= 0.6 is 11.6 Å². The number of aromatic nitrogens is 2. The number of alkyl halides is 1. The number of halogens is 2. The van der Waals surface area contributed by atoms with Crippen LogP contribution in [-0.2, 0) is 17.5 Å². The zero-order valence-corrected chi connectivity index (χ0v) is 10.8. The van der Waals surface area contributed by atoms with Crippen LogP contribution in [0.15, 0.2) is 6.20 Å². The van der Waals surface area contributed by atoms with Gasteiger partial charge in [0.2, 0.25) is 0 Å². The van der Waals surface area contributed by atoms with Crippen LogP contribution in [0.2, 0.25) is 5.02 Å². The summed E-state index contributed by atoms with van der Waals surface area (Å²) >= 11 is 5.97. The third-order valence-corrected chi connectivity index (χ3v) is 3.29. The molecule has 6 heteroatoms. The van der Waals surface area contributed by atoms with Crippen molar-refractivity contribution in [3.63, 3.8) is 0 Å². The Labute approximate surface area is 105 Å². The molecule has 1 aromatic rings. The molecule has 96 valence electrons. The molecular weight excluding hydrogens is 245 g/mol. The summed E-state index contributed by atoms with van der Waals surface area (Å²) in [6, 6.07) is 0.0183. The Kier molecular flexibility index (Phi) is 3.70. The second-order valence-corrected chi connectivity index (χ2v) is 5.00. The molecule has 1 N–H and O–H groups in total. The Balaban J connectivity index is 2.12. The smallest absolute Gasteiger partial charge is 0.152 e. The average Bonchev–Trinajstić information content (AvgIpc) is 2.59. The van der Waals surface area contributed by atoms with Crippen LogP contribution < -0.4 is 5.32 Å². The van der Waals surface area contributed by atoms with Gasteiger partial charge in [-0.3, -0.25) is 4.68 Å². The van der Waals surface area contributed by atoms with Crippen LogP contribution in [0.5, 0.6) is 0 Å². The maximum Gasteiger partial charge on any atom is 0.152 e. The van der Waals surface area contributed by atoms with Crippen LogP contribution in [0.4, 0.5) is 4.39 Å². The topological polar surface area (TPSA) is 39.1 Å². The summed E-state index contributed by atoms with van der Waals surface area (Å²) in [5, 5.41) is 7.58. The fraction of sp³-hybridized carbons (Fsp3) is 0.727. The number of rotatable bonds is 3. The SMILES string of the molecule is Cn1ncc(Cl)c1C(C)(F)CC1COCCN1. The van der Waals surface area contributed by atoms with Crippen molar-refractivity contribution in [3.8, 4) is 0 Å². The summed E-state index contributed by atoms with van der Waals surface area (Å²) in [5.41, 5.74) is -1.09. The summed E-state index contributed by atoms with van der Waals surface area (Å²) in [6.07, 6.45) is 1.80. The lowest BCUT2D eigenvalue weighted by Gasteiger charge is -2.30. The maximum absolute atomic E-state index is 14.7. The maximum atomic E-state index is 14.7. The molecule has 2 rings (SSSR count). The van der Waals surface area contributed by atoms with Crippen molar-refractivity contribution in [1.82, 2.24) is 15.1 Å². The predicted molar refractivity (Wildman–Crippen MR) is 63.9 cm³/mol. The van der Waals surface area contributed by atoms with Gasteiger partial charge in [-0.05, 0) is 6.92 Å². The molecule has 17 heavy (non-hydrogen) atoms.